The maximum Gasteiger partial charge on any atom is 0.435 e. The van der Waals surface area contributed by atoms with Gasteiger partial charge in [0.1, 0.15) is 12.6 Å². The van der Waals surface area contributed by atoms with Crippen molar-refractivity contribution in [3.05, 3.63) is 68.7 Å². The van der Waals surface area contributed by atoms with E-state index in [-0.39, 0.29) is 42.0 Å². The highest BCUT2D eigenvalue weighted by molar-refractivity contribution is 6.32. The van der Waals surface area contributed by atoms with Crippen LogP contribution in [0.25, 0.3) is 0 Å². The lowest BCUT2D eigenvalue weighted by molar-refractivity contribution is -0.276. The number of nitrogens with one attached hydrogen (secondary N) is 1. The highest BCUT2D eigenvalue weighted by Gasteiger charge is 2.63. The van der Waals surface area contributed by atoms with Crippen LogP contribution in [0.2, 0.25) is 5.02 Å². The number of likely N-dealkylation sites (N-methyl/N-ethyl adjacent to an activating group) is 1. The number of oxime groups is 1. The van der Waals surface area contributed by atoms with Crippen LogP contribution in [0.1, 0.15) is 51.5 Å². The molecule has 0 radical (unpaired) electrons. The Morgan fingerprint density at radius 3 is 2.14 bits per heavy atom. The summed E-state index contributed by atoms with van der Waals surface area (Å²) < 4.78 is 124. The summed E-state index contributed by atoms with van der Waals surface area (Å²) in [5, 5.41) is 5.09. The zero-order valence-electron chi connectivity index (χ0n) is 21.4. The van der Waals surface area contributed by atoms with E-state index in [0.717, 1.165) is 5.06 Å². The zero-order chi connectivity index (χ0) is 31.4. The van der Waals surface area contributed by atoms with E-state index in [4.69, 9.17) is 16.4 Å². The van der Waals surface area contributed by atoms with Crippen molar-refractivity contribution in [2.75, 3.05) is 13.2 Å². The molecule has 1 unspecified atom stereocenters. The van der Waals surface area contributed by atoms with Crippen LogP contribution in [-0.2, 0) is 32.4 Å². The largest absolute Gasteiger partial charge is 0.435 e. The molecular formula is C25H19ClF9N3O4. The van der Waals surface area contributed by atoms with Crippen molar-refractivity contribution in [1.82, 2.24) is 10.4 Å². The molecule has 2 atom stereocenters. The summed E-state index contributed by atoms with van der Waals surface area (Å²) in [7, 11) is 0. The van der Waals surface area contributed by atoms with Crippen LogP contribution in [0.4, 0.5) is 39.5 Å². The quantitative estimate of drug-likeness (QED) is 0.401. The summed E-state index contributed by atoms with van der Waals surface area (Å²) in [6, 6.07) is 2.36. The van der Waals surface area contributed by atoms with Gasteiger partial charge in [-0.2, -0.15) is 39.5 Å². The molecule has 0 bridgehead atoms. The number of benzene rings is 2. The Balaban J connectivity index is 1.67. The first kappa shape index (κ1) is 31.4. The van der Waals surface area contributed by atoms with Crippen molar-refractivity contribution < 1.29 is 58.8 Å². The molecule has 7 nitrogen and oxygen atoms in total. The van der Waals surface area contributed by atoms with Crippen LogP contribution in [0, 0.1) is 6.92 Å². The number of halogens is 10. The van der Waals surface area contributed by atoms with Gasteiger partial charge in [-0.15, -0.1) is 0 Å². The van der Waals surface area contributed by atoms with E-state index in [2.05, 4.69) is 15.3 Å². The number of carbonyl (C=O) groups excluding carboxylic acids is 2. The Hall–Kier alpha value is -3.53. The van der Waals surface area contributed by atoms with Gasteiger partial charge in [0.05, 0.1) is 21.9 Å². The molecule has 0 saturated carbocycles. The molecule has 17 heteroatoms. The molecule has 1 fully saturated rings. The molecule has 2 aromatic rings. The van der Waals surface area contributed by atoms with Gasteiger partial charge in [0.2, 0.25) is 0 Å². The third-order valence-electron chi connectivity index (χ3n) is 6.67. The Morgan fingerprint density at radius 2 is 1.67 bits per heavy atom. The lowest BCUT2D eigenvalue weighted by Crippen LogP contribution is -2.43. The average molecular weight is 632 g/mol. The Labute approximate surface area is 236 Å². The monoisotopic (exact) mass is 631 g/mol. The topological polar surface area (TPSA) is 80.2 Å². The van der Waals surface area contributed by atoms with E-state index >= 15 is 0 Å². The minimum absolute atomic E-state index is 0.0328. The van der Waals surface area contributed by atoms with E-state index in [1.54, 1.807) is 6.92 Å². The molecule has 2 aliphatic rings. The second kappa shape index (κ2) is 10.6. The van der Waals surface area contributed by atoms with Gasteiger partial charge < -0.3 is 10.2 Å². The van der Waals surface area contributed by atoms with Gasteiger partial charge in [-0.3, -0.25) is 14.4 Å². The number of hydrogen-bond donors (Lipinski definition) is 1. The normalized spacial score (nSPS) is 21.4. The summed E-state index contributed by atoms with van der Waals surface area (Å²) in [5.74, 6) is -1.18. The number of hydrogen-bond acceptors (Lipinski definition) is 5. The molecule has 228 valence electrons. The van der Waals surface area contributed by atoms with Crippen LogP contribution in [0.3, 0.4) is 0 Å². The van der Waals surface area contributed by atoms with E-state index in [1.165, 1.54) is 25.1 Å². The fourth-order valence-corrected chi connectivity index (χ4v) is 4.81. The van der Waals surface area contributed by atoms with Crippen LogP contribution < -0.4 is 5.32 Å². The predicted octanol–water partition coefficient (Wildman–Crippen LogP) is 6.16. The number of nitrogens with zero attached hydrogens (tertiary/aromatic N) is 2. The molecule has 1 N–H and O–H groups in total. The summed E-state index contributed by atoms with van der Waals surface area (Å²) >= 11 is 5.32. The third-order valence-corrected chi connectivity index (χ3v) is 7.08. The van der Waals surface area contributed by atoms with Crippen molar-refractivity contribution in [3.63, 3.8) is 0 Å². The molecule has 1 saturated heterocycles. The first-order valence-electron chi connectivity index (χ1n) is 12.0. The highest BCUT2D eigenvalue weighted by Crippen LogP contribution is 2.52. The first-order valence-corrected chi connectivity index (χ1v) is 12.3. The molecule has 0 spiro atoms. The second-order valence-corrected chi connectivity index (χ2v) is 9.77. The predicted molar refractivity (Wildman–Crippen MR) is 127 cm³/mol. The van der Waals surface area contributed by atoms with Crippen LogP contribution >= 0.6 is 11.6 Å². The van der Waals surface area contributed by atoms with Crippen LogP contribution in [-0.4, -0.2) is 48.0 Å². The lowest BCUT2D eigenvalue weighted by Gasteiger charge is -2.31. The molecule has 0 aromatic heterocycles. The molecule has 2 aromatic carbocycles. The van der Waals surface area contributed by atoms with Gasteiger partial charge in [-0.1, -0.05) is 22.8 Å². The standard InChI is InChI=1S/C25H19ClF9N3O4/c1-3-38-21(40)18(10-41-38)36-20(39)14-5-4-12(6-11(14)2)17-9-22(42-37-17,25(33,34)35)13-7-15(23(27,28)29)19(26)16(8-13)24(30,31)32/h4-8,18H,3,9-10H2,1-2H3,(H,36,39)/t18-,22?/m1/s1. The molecule has 42 heavy (non-hydrogen) atoms. The van der Waals surface area contributed by atoms with Gasteiger partial charge in [0, 0.05) is 24.1 Å². The van der Waals surface area contributed by atoms with Crippen LogP contribution in [0.15, 0.2) is 35.5 Å². The van der Waals surface area contributed by atoms with Crippen molar-refractivity contribution in [1.29, 1.82) is 0 Å². The third kappa shape index (κ3) is 5.61. The fourth-order valence-electron chi connectivity index (χ4n) is 4.49. The molecule has 0 aliphatic carbocycles. The zero-order valence-corrected chi connectivity index (χ0v) is 22.1. The smallest absolute Gasteiger partial charge is 0.374 e. The fraction of sp³-hybridized carbons (Fsp3) is 0.400. The maximum absolute atomic E-state index is 14.4. The van der Waals surface area contributed by atoms with Crippen molar-refractivity contribution in [3.8, 4) is 0 Å². The maximum atomic E-state index is 14.4. The van der Waals surface area contributed by atoms with E-state index in [9.17, 15) is 49.1 Å². The molecule has 2 amide bonds. The molecule has 2 aliphatic heterocycles. The van der Waals surface area contributed by atoms with Crippen molar-refractivity contribution >= 4 is 29.1 Å². The minimum Gasteiger partial charge on any atom is -0.374 e. The number of amides is 2. The Kier molecular flexibility index (Phi) is 7.95. The van der Waals surface area contributed by atoms with Crippen molar-refractivity contribution in [2.24, 2.45) is 5.16 Å². The number of carbonyl (C=O) groups is 2. The molecular weight excluding hydrogens is 613 g/mol. The van der Waals surface area contributed by atoms with E-state index in [0.29, 0.717) is 0 Å². The van der Waals surface area contributed by atoms with E-state index in [1.807, 2.05) is 0 Å². The number of alkyl halides is 9. The van der Waals surface area contributed by atoms with Gasteiger partial charge in [-0.05, 0) is 49.2 Å². The summed E-state index contributed by atoms with van der Waals surface area (Å²) in [6.07, 6.45) is -17.9. The SMILES string of the molecule is CCN1OC[C@@H](NC(=O)c2ccc(C3=NOC(c4cc(C(F)(F)F)c(Cl)c(C(F)(F)F)c4)(C(F)(F)F)C3)cc2C)C1=O. The van der Waals surface area contributed by atoms with Gasteiger partial charge >= 0.3 is 18.5 Å². The molecule has 2 heterocycles. The number of hydroxylamine groups is 2. The van der Waals surface area contributed by atoms with Crippen LogP contribution in [0.5, 0.6) is 0 Å². The van der Waals surface area contributed by atoms with Gasteiger partial charge in [0.15, 0.2) is 0 Å². The summed E-state index contributed by atoms with van der Waals surface area (Å²) in [4.78, 5) is 34.7. The first-order chi connectivity index (χ1) is 19.3. The molecule has 4 rings (SSSR count). The number of rotatable bonds is 5. The van der Waals surface area contributed by atoms with Crippen molar-refractivity contribution in [2.45, 2.75) is 50.4 Å². The summed E-state index contributed by atoms with van der Waals surface area (Å²) in [6.45, 7) is 3.21. The average Bonchev–Trinajstić information content (AvgIpc) is 3.47. The van der Waals surface area contributed by atoms with Gasteiger partial charge in [0.25, 0.3) is 17.4 Å². The van der Waals surface area contributed by atoms with Gasteiger partial charge in [-0.25, -0.2) is 5.06 Å². The lowest BCUT2D eigenvalue weighted by atomic mass is 9.84. The second-order valence-electron chi connectivity index (χ2n) is 9.40. The Bertz CT molecular complexity index is 1420. The number of aryl methyl sites for hydroxylation is 1. The minimum atomic E-state index is -5.53. The Morgan fingerprint density at radius 1 is 1.07 bits per heavy atom. The summed E-state index contributed by atoms with van der Waals surface area (Å²) in [5.41, 5.74) is -9.75. The van der Waals surface area contributed by atoms with E-state index < -0.39 is 75.8 Å². The highest BCUT2D eigenvalue weighted by atomic mass is 35.5.